The van der Waals surface area contributed by atoms with Gasteiger partial charge in [-0.05, 0) is 47.9 Å². The van der Waals surface area contributed by atoms with E-state index in [9.17, 15) is 9.90 Å². The third-order valence-corrected chi connectivity index (χ3v) is 4.08. The van der Waals surface area contributed by atoms with E-state index in [-0.39, 0.29) is 11.7 Å². The quantitative estimate of drug-likeness (QED) is 0.742. The Morgan fingerprint density at radius 1 is 1.41 bits per heavy atom. The molecule has 144 valence electrons. The first-order valence-corrected chi connectivity index (χ1v) is 8.80. The molecule has 0 spiro atoms. The summed E-state index contributed by atoms with van der Waals surface area (Å²) in [7, 11) is 0. The van der Waals surface area contributed by atoms with Crippen molar-refractivity contribution >= 4 is 11.9 Å². The van der Waals surface area contributed by atoms with Crippen molar-refractivity contribution in [2.24, 2.45) is 5.92 Å². The zero-order valence-electron chi connectivity index (χ0n) is 15.8. The molecule has 0 fully saturated rings. The number of phenols is 1. The predicted octanol–water partition coefficient (Wildman–Crippen LogP) is 2.27. The molecule has 9 nitrogen and oxygen atoms in total. The first-order valence-electron chi connectivity index (χ1n) is 8.80. The number of hydrogen-bond donors (Lipinski definition) is 2. The minimum atomic E-state index is -0.601. The molecule has 9 heteroatoms. The third kappa shape index (κ3) is 3.71. The van der Waals surface area contributed by atoms with Crippen molar-refractivity contribution in [3.8, 4) is 11.5 Å². The molecule has 1 aromatic carbocycles. The van der Waals surface area contributed by atoms with Gasteiger partial charge in [0.2, 0.25) is 5.95 Å². The van der Waals surface area contributed by atoms with Crippen LogP contribution in [-0.4, -0.2) is 44.5 Å². The molecule has 1 aromatic heterocycles. The number of fused-ring (bicyclic) bond motifs is 1. The van der Waals surface area contributed by atoms with Gasteiger partial charge in [0.05, 0.1) is 18.8 Å². The number of benzene rings is 1. The van der Waals surface area contributed by atoms with Gasteiger partial charge in [-0.25, -0.2) is 4.79 Å². The lowest BCUT2D eigenvalue weighted by atomic mass is 9.95. The van der Waals surface area contributed by atoms with E-state index in [1.54, 1.807) is 19.1 Å². The Labute approximate surface area is 157 Å². The first-order chi connectivity index (χ1) is 12.9. The van der Waals surface area contributed by atoms with Crippen LogP contribution in [0.3, 0.4) is 0 Å². The Kier molecular flexibility index (Phi) is 5.29. The van der Waals surface area contributed by atoms with Crippen LogP contribution in [-0.2, 0) is 9.53 Å². The molecule has 27 heavy (non-hydrogen) atoms. The number of aromatic nitrogens is 4. The number of rotatable bonds is 6. The van der Waals surface area contributed by atoms with E-state index in [2.05, 4.69) is 20.8 Å². The highest BCUT2D eigenvalue weighted by Crippen LogP contribution is 2.38. The number of aromatic hydroxyl groups is 1. The van der Waals surface area contributed by atoms with Gasteiger partial charge < -0.3 is 19.9 Å². The van der Waals surface area contributed by atoms with Crippen LogP contribution in [0.5, 0.6) is 11.5 Å². The highest BCUT2D eigenvalue weighted by atomic mass is 16.5. The predicted molar refractivity (Wildman–Crippen MR) is 97.4 cm³/mol. The molecule has 1 atom stereocenters. The highest BCUT2D eigenvalue weighted by Gasteiger charge is 2.35. The summed E-state index contributed by atoms with van der Waals surface area (Å²) in [5.74, 6) is 0.549. The first kappa shape index (κ1) is 18.7. The van der Waals surface area contributed by atoms with Gasteiger partial charge in [0.15, 0.2) is 11.5 Å². The number of allylic oxidation sites excluding steroid dienone is 1. The van der Waals surface area contributed by atoms with E-state index in [4.69, 9.17) is 9.47 Å². The van der Waals surface area contributed by atoms with Crippen molar-refractivity contribution < 1.29 is 19.4 Å². The molecule has 0 amide bonds. The summed E-state index contributed by atoms with van der Waals surface area (Å²) in [6, 6.07) is 4.32. The van der Waals surface area contributed by atoms with Gasteiger partial charge in [-0.2, -0.15) is 4.68 Å². The van der Waals surface area contributed by atoms with Crippen LogP contribution in [0.2, 0.25) is 0 Å². The number of anilines is 1. The fourth-order valence-electron chi connectivity index (χ4n) is 2.88. The topological polar surface area (TPSA) is 111 Å². The number of ether oxygens (including phenoxy) is 2. The molecular weight excluding hydrogens is 350 g/mol. The standard InChI is InChI=1S/C18H23N5O4/c1-5-26-14-8-12(6-7-13(14)24)16-15(17(25)27-9-10(2)3)11(4)19-18-20-21-22-23(16)18/h6-8,10,16,24H,5,9H2,1-4H3,(H,19,20,22). The average Bonchev–Trinajstić information content (AvgIpc) is 3.08. The van der Waals surface area contributed by atoms with Crippen LogP contribution in [0.4, 0.5) is 5.95 Å². The van der Waals surface area contributed by atoms with Crippen LogP contribution < -0.4 is 10.1 Å². The van der Waals surface area contributed by atoms with Gasteiger partial charge in [0.1, 0.15) is 6.04 Å². The molecule has 2 heterocycles. The Bertz CT molecular complexity index is 874. The second kappa shape index (κ2) is 7.65. The minimum absolute atomic E-state index is 0.0242. The van der Waals surface area contributed by atoms with E-state index in [0.717, 1.165) is 0 Å². The van der Waals surface area contributed by atoms with Crippen molar-refractivity contribution in [1.29, 1.82) is 0 Å². The molecular formula is C18H23N5O4. The van der Waals surface area contributed by atoms with E-state index < -0.39 is 12.0 Å². The number of carbonyl (C=O) groups excluding carboxylic acids is 1. The summed E-state index contributed by atoms with van der Waals surface area (Å²) < 4.78 is 12.5. The maximum absolute atomic E-state index is 12.8. The molecule has 2 aromatic rings. The Hall–Kier alpha value is -3.10. The van der Waals surface area contributed by atoms with Crippen LogP contribution in [0.15, 0.2) is 29.5 Å². The summed E-state index contributed by atoms with van der Waals surface area (Å²) in [5.41, 5.74) is 1.72. The average molecular weight is 373 g/mol. The molecule has 1 aliphatic rings. The molecule has 0 radical (unpaired) electrons. The highest BCUT2D eigenvalue weighted by molar-refractivity contribution is 5.92. The summed E-state index contributed by atoms with van der Waals surface area (Å²) >= 11 is 0. The Morgan fingerprint density at radius 2 is 2.19 bits per heavy atom. The fraction of sp³-hybridized carbons (Fsp3) is 0.444. The normalized spacial score (nSPS) is 16.1. The summed E-state index contributed by atoms with van der Waals surface area (Å²) in [4.78, 5) is 12.8. The Balaban J connectivity index is 2.06. The Morgan fingerprint density at radius 3 is 2.89 bits per heavy atom. The summed E-state index contributed by atoms with van der Waals surface area (Å²) in [6.45, 7) is 8.26. The third-order valence-electron chi connectivity index (χ3n) is 4.08. The molecule has 0 aliphatic carbocycles. The van der Waals surface area contributed by atoms with Gasteiger partial charge in [-0.3, -0.25) is 0 Å². The fourth-order valence-corrected chi connectivity index (χ4v) is 2.88. The molecule has 0 bridgehead atoms. The number of esters is 1. The van der Waals surface area contributed by atoms with E-state index in [0.29, 0.717) is 41.7 Å². The maximum atomic E-state index is 12.8. The zero-order chi connectivity index (χ0) is 19.6. The van der Waals surface area contributed by atoms with Gasteiger partial charge >= 0.3 is 5.97 Å². The second-order valence-electron chi connectivity index (χ2n) is 6.67. The lowest BCUT2D eigenvalue weighted by Crippen LogP contribution is -2.30. The van der Waals surface area contributed by atoms with E-state index in [1.807, 2.05) is 20.8 Å². The lowest BCUT2D eigenvalue weighted by molar-refractivity contribution is -0.140. The molecule has 0 saturated carbocycles. The number of nitrogens with zero attached hydrogens (tertiary/aromatic N) is 4. The van der Waals surface area contributed by atoms with Gasteiger partial charge in [-0.15, -0.1) is 0 Å². The van der Waals surface area contributed by atoms with E-state index >= 15 is 0 Å². The van der Waals surface area contributed by atoms with Gasteiger partial charge in [-0.1, -0.05) is 25.0 Å². The smallest absolute Gasteiger partial charge is 0.338 e. The van der Waals surface area contributed by atoms with Crippen LogP contribution in [0.25, 0.3) is 0 Å². The number of carbonyl (C=O) groups is 1. The van der Waals surface area contributed by atoms with Gasteiger partial charge in [0, 0.05) is 5.70 Å². The maximum Gasteiger partial charge on any atom is 0.338 e. The molecule has 3 rings (SSSR count). The number of hydrogen-bond acceptors (Lipinski definition) is 8. The SMILES string of the molecule is CCOc1cc(C2C(C(=O)OCC(C)C)=C(C)Nc3nnnn32)ccc1O. The number of phenolic OH excluding ortho intramolecular Hbond substituents is 1. The van der Waals surface area contributed by atoms with Crippen LogP contribution >= 0.6 is 0 Å². The second-order valence-corrected chi connectivity index (χ2v) is 6.67. The zero-order valence-corrected chi connectivity index (χ0v) is 15.8. The number of nitrogens with one attached hydrogen (secondary N) is 1. The van der Waals surface area contributed by atoms with Crippen molar-refractivity contribution in [3.05, 3.63) is 35.0 Å². The molecule has 1 unspecified atom stereocenters. The monoisotopic (exact) mass is 373 g/mol. The van der Waals surface area contributed by atoms with Crippen molar-refractivity contribution in [2.45, 2.75) is 33.7 Å². The molecule has 1 aliphatic heterocycles. The summed E-state index contributed by atoms with van der Waals surface area (Å²) in [5, 5.41) is 24.7. The minimum Gasteiger partial charge on any atom is -0.504 e. The summed E-state index contributed by atoms with van der Waals surface area (Å²) in [6.07, 6.45) is 0. The number of tetrazole rings is 1. The van der Waals surface area contributed by atoms with Crippen LogP contribution in [0.1, 0.15) is 39.3 Å². The van der Waals surface area contributed by atoms with Crippen molar-refractivity contribution in [1.82, 2.24) is 20.2 Å². The molecule has 0 saturated heterocycles. The molecule has 2 N–H and O–H groups in total. The largest absolute Gasteiger partial charge is 0.504 e. The van der Waals surface area contributed by atoms with E-state index in [1.165, 1.54) is 10.7 Å². The van der Waals surface area contributed by atoms with Crippen molar-refractivity contribution in [2.75, 3.05) is 18.5 Å². The van der Waals surface area contributed by atoms with Crippen molar-refractivity contribution in [3.63, 3.8) is 0 Å². The van der Waals surface area contributed by atoms with Crippen LogP contribution in [0, 0.1) is 5.92 Å². The lowest BCUT2D eigenvalue weighted by Gasteiger charge is -2.28. The van der Waals surface area contributed by atoms with Gasteiger partial charge in [0.25, 0.3) is 0 Å².